The number of hydrogen-bond donors (Lipinski definition) is 1. The Balaban J connectivity index is 1.45. The number of nitrogens with zero attached hydrogens (tertiary/aromatic N) is 1. The third kappa shape index (κ3) is 4.50. The summed E-state index contributed by atoms with van der Waals surface area (Å²) in [5.41, 5.74) is 3.30. The molecular weight excluding hydrogens is 396 g/mol. The summed E-state index contributed by atoms with van der Waals surface area (Å²) in [6, 6.07) is 25.4. The van der Waals surface area contributed by atoms with E-state index in [4.69, 9.17) is 16.3 Å². The van der Waals surface area contributed by atoms with Crippen molar-refractivity contribution >= 4 is 23.2 Å². The molecule has 3 aromatic carbocycles. The van der Waals surface area contributed by atoms with Crippen LogP contribution in [0.3, 0.4) is 0 Å². The van der Waals surface area contributed by atoms with Gasteiger partial charge in [0.15, 0.2) is 6.10 Å². The Morgan fingerprint density at radius 1 is 0.967 bits per heavy atom. The van der Waals surface area contributed by atoms with E-state index in [1.165, 1.54) is 5.56 Å². The van der Waals surface area contributed by atoms with Gasteiger partial charge < -0.3 is 15.0 Å². The summed E-state index contributed by atoms with van der Waals surface area (Å²) in [6.07, 6.45) is 0.421. The fourth-order valence-corrected chi connectivity index (χ4v) is 3.89. The number of anilines is 1. The lowest BCUT2D eigenvalue weighted by Crippen LogP contribution is -2.70. The normalized spacial score (nSPS) is 18.2. The highest BCUT2D eigenvalue weighted by atomic mass is 35.5. The third-order valence-electron chi connectivity index (χ3n) is 5.40. The fraction of sp³-hybridized carbons (Fsp3) is 0.240. The van der Waals surface area contributed by atoms with Gasteiger partial charge in [0.1, 0.15) is 5.75 Å². The van der Waals surface area contributed by atoms with E-state index >= 15 is 0 Å². The maximum Gasteiger partial charge on any atom is 0.270 e. The molecule has 30 heavy (non-hydrogen) atoms. The Labute approximate surface area is 182 Å². The van der Waals surface area contributed by atoms with Crippen LogP contribution >= 0.6 is 11.6 Å². The molecule has 1 aliphatic heterocycles. The summed E-state index contributed by atoms with van der Waals surface area (Å²) in [7, 11) is 0. The molecule has 1 amide bonds. The van der Waals surface area contributed by atoms with Crippen LogP contribution in [0.15, 0.2) is 78.9 Å². The molecule has 3 aromatic rings. The highest BCUT2D eigenvalue weighted by Crippen LogP contribution is 2.33. The lowest BCUT2D eigenvalue weighted by molar-refractivity contribution is -0.134. The molecule has 1 fully saturated rings. The minimum Gasteiger partial charge on any atom is -0.478 e. The van der Waals surface area contributed by atoms with Crippen molar-refractivity contribution in [3.8, 4) is 5.75 Å². The third-order valence-corrected chi connectivity index (χ3v) is 5.65. The molecule has 0 spiro atoms. The van der Waals surface area contributed by atoms with Gasteiger partial charge >= 0.3 is 0 Å². The van der Waals surface area contributed by atoms with Crippen molar-refractivity contribution in [2.24, 2.45) is 0 Å². The first kappa shape index (κ1) is 20.5. The van der Waals surface area contributed by atoms with Crippen molar-refractivity contribution in [1.82, 2.24) is 5.32 Å². The van der Waals surface area contributed by atoms with Gasteiger partial charge in [-0.05, 0) is 61.3 Å². The standard InChI is InChI=1S/C25H25ClN2O2/c1-18-7-5-6-10-22(18)28-23(17-27-16-15-19-8-3-2-4-9-19)24(25(28)29)30-21-13-11-20(26)12-14-21/h2-14,23-24,27H,15-17H2,1H3. The smallest absolute Gasteiger partial charge is 0.270 e. The molecule has 4 rings (SSSR count). The zero-order valence-corrected chi connectivity index (χ0v) is 17.7. The summed E-state index contributed by atoms with van der Waals surface area (Å²) in [5, 5.41) is 4.15. The first-order valence-electron chi connectivity index (χ1n) is 10.2. The molecular formula is C25H25ClN2O2. The Bertz CT molecular complexity index is 992. The Morgan fingerprint density at radius 3 is 2.40 bits per heavy atom. The van der Waals surface area contributed by atoms with Crippen molar-refractivity contribution in [1.29, 1.82) is 0 Å². The van der Waals surface area contributed by atoms with E-state index < -0.39 is 6.10 Å². The second kappa shape index (κ2) is 9.33. The Morgan fingerprint density at radius 2 is 1.67 bits per heavy atom. The number of halogens is 1. The van der Waals surface area contributed by atoms with Gasteiger partial charge in [-0.3, -0.25) is 4.79 Å². The average Bonchev–Trinajstić information content (AvgIpc) is 2.77. The van der Waals surface area contributed by atoms with Gasteiger partial charge in [0.05, 0.1) is 6.04 Å². The number of para-hydroxylation sites is 1. The number of rotatable bonds is 8. The molecule has 0 aliphatic carbocycles. The predicted molar refractivity (Wildman–Crippen MR) is 121 cm³/mol. The van der Waals surface area contributed by atoms with Gasteiger partial charge in [-0.2, -0.15) is 0 Å². The summed E-state index contributed by atoms with van der Waals surface area (Å²) >= 11 is 5.97. The van der Waals surface area contributed by atoms with Crippen LogP contribution in [0.5, 0.6) is 5.75 Å². The first-order valence-corrected chi connectivity index (χ1v) is 10.6. The van der Waals surface area contributed by atoms with Gasteiger partial charge in [-0.15, -0.1) is 0 Å². The van der Waals surface area contributed by atoms with E-state index in [1.807, 2.05) is 42.2 Å². The van der Waals surface area contributed by atoms with Gasteiger partial charge in [-0.1, -0.05) is 60.1 Å². The van der Waals surface area contributed by atoms with E-state index in [0.717, 1.165) is 24.2 Å². The zero-order chi connectivity index (χ0) is 20.9. The lowest BCUT2D eigenvalue weighted by Gasteiger charge is -2.47. The van der Waals surface area contributed by atoms with Crippen LogP contribution in [0.2, 0.25) is 5.02 Å². The van der Waals surface area contributed by atoms with Crippen molar-refractivity contribution < 1.29 is 9.53 Å². The largest absolute Gasteiger partial charge is 0.478 e. The topological polar surface area (TPSA) is 41.6 Å². The molecule has 154 valence electrons. The molecule has 0 radical (unpaired) electrons. The quantitative estimate of drug-likeness (QED) is 0.426. The zero-order valence-electron chi connectivity index (χ0n) is 16.9. The van der Waals surface area contributed by atoms with Crippen molar-refractivity contribution in [3.63, 3.8) is 0 Å². The minimum absolute atomic E-state index is 0.0193. The van der Waals surface area contributed by atoms with E-state index in [9.17, 15) is 4.79 Å². The number of carbonyl (C=O) groups excluding carboxylic acids is 1. The number of β-lactam (4-membered cyclic amide) rings is 1. The van der Waals surface area contributed by atoms with Gasteiger partial charge in [0.25, 0.3) is 5.91 Å². The molecule has 1 aliphatic rings. The summed E-state index contributed by atoms with van der Waals surface area (Å²) in [4.78, 5) is 14.9. The van der Waals surface area contributed by atoms with Crippen LogP contribution < -0.4 is 15.0 Å². The SMILES string of the molecule is Cc1ccccc1N1C(=O)C(Oc2ccc(Cl)cc2)C1CNCCc1ccccc1. The fourth-order valence-electron chi connectivity index (χ4n) is 3.76. The molecule has 4 nitrogen and oxygen atoms in total. The maximum atomic E-state index is 13.0. The molecule has 0 aromatic heterocycles. The molecule has 2 atom stereocenters. The molecule has 5 heteroatoms. The van der Waals surface area contributed by atoms with Crippen LogP contribution in [0.1, 0.15) is 11.1 Å². The van der Waals surface area contributed by atoms with Gasteiger partial charge in [0.2, 0.25) is 0 Å². The first-order chi connectivity index (χ1) is 14.6. The van der Waals surface area contributed by atoms with E-state index in [-0.39, 0.29) is 11.9 Å². The second-order valence-electron chi connectivity index (χ2n) is 7.49. The molecule has 1 saturated heterocycles. The van der Waals surface area contributed by atoms with Crippen LogP contribution in [-0.4, -0.2) is 31.1 Å². The van der Waals surface area contributed by atoms with Crippen LogP contribution in [0.4, 0.5) is 5.69 Å². The molecule has 1 N–H and O–H groups in total. The highest BCUT2D eigenvalue weighted by Gasteiger charge is 2.50. The second-order valence-corrected chi connectivity index (χ2v) is 7.93. The van der Waals surface area contributed by atoms with Gasteiger partial charge in [-0.25, -0.2) is 0 Å². The molecule has 2 unspecified atom stereocenters. The van der Waals surface area contributed by atoms with Crippen LogP contribution in [0.25, 0.3) is 0 Å². The summed E-state index contributed by atoms with van der Waals surface area (Å²) in [6.45, 7) is 3.52. The Kier molecular flexibility index (Phi) is 6.36. The maximum absolute atomic E-state index is 13.0. The molecule has 0 bridgehead atoms. The number of nitrogens with one attached hydrogen (secondary N) is 1. The lowest BCUT2D eigenvalue weighted by atomic mass is 9.95. The van der Waals surface area contributed by atoms with E-state index in [0.29, 0.717) is 17.3 Å². The van der Waals surface area contributed by atoms with Crippen molar-refractivity contribution in [2.75, 3.05) is 18.0 Å². The van der Waals surface area contributed by atoms with Crippen LogP contribution in [-0.2, 0) is 11.2 Å². The summed E-state index contributed by atoms with van der Waals surface area (Å²) in [5.74, 6) is 0.630. The number of ether oxygens (including phenoxy) is 1. The molecule has 0 saturated carbocycles. The van der Waals surface area contributed by atoms with E-state index in [1.54, 1.807) is 24.3 Å². The van der Waals surface area contributed by atoms with Crippen LogP contribution in [0, 0.1) is 6.92 Å². The number of amides is 1. The van der Waals surface area contributed by atoms with Crippen molar-refractivity contribution in [3.05, 3.63) is 95.0 Å². The van der Waals surface area contributed by atoms with Gasteiger partial charge in [0, 0.05) is 17.3 Å². The number of benzene rings is 3. The monoisotopic (exact) mass is 420 g/mol. The highest BCUT2D eigenvalue weighted by molar-refractivity contribution is 6.30. The average molecular weight is 421 g/mol. The Hall–Kier alpha value is -2.82. The number of hydrogen-bond acceptors (Lipinski definition) is 3. The van der Waals surface area contributed by atoms with Crippen molar-refractivity contribution in [2.45, 2.75) is 25.5 Å². The number of carbonyl (C=O) groups is 1. The number of aryl methyl sites for hydroxylation is 1. The minimum atomic E-state index is -0.519. The molecule has 1 heterocycles. The van der Waals surface area contributed by atoms with E-state index in [2.05, 4.69) is 29.6 Å². The predicted octanol–water partition coefficient (Wildman–Crippen LogP) is 4.64. The summed E-state index contributed by atoms with van der Waals surface area (Å²) < 4.78 is 6.05.